The van der Waals surface area contributed by atoms with Crippen molar-refractivity contribution in [3.63, 3.8) is 0 Å². The molecule has 0 unspecified atom stereocenters. The highest BCUT2D eigenvalue weighted by atomic mass is 19.4. The minimum absolute atomic E-state index is 0.271. The van der Waals surface area contributed by atoms with Gasteiger partial charge in [-0.15, -0.1) is 13.2 Å². The van der Waals surface area contributed by atoms with Gasteiger partial charge in [-0.2, -0.15) is 0 Å². The number of anilines is 1. The van der Waals surface area contributed by atoms with Crippen LogP contribution in [0.3, 0.4) is 0 Å². The molecule has 3 N–H and O–H groups in total. The number of alkyl halides is 5. The summed E-state index contributed by atoms with van der Waals surface area (Å²) in [6, 6.07) is 0.826. The van der Waals surface area contributed by atoms with Crippen molar-refractivity contribution in [2.75, 3.05) is 5.73 Å². The number of pyridine rings is 1. The van der Waals surface area contributed by atoms with E-state index in [2.05, 4.69) is 9.72 Å². The number of halogens is 5. The Balaban J connectivity index is 3.27. The molecule has 1 aromatic rings. The second-order valence-electron chi connectivity index (χ2n) is 2.92. The zero-order valence-electron chi connectivity index (χ0n) is 8.13. The number of aliphatic hydroxyl groups is 1. The number of aromatic nitrogens is 1. The fourth-order valence-electron chi connectivity index (χ4n) is 1.09. The first kappa shape index (κ1) is 13.4. The van der Waals surface area contributed by atoms with Gasteiger partial charge in [0.25, 0.3) is 6.43 Å². The summed E-state index contributed by atoms with van der Waals surface area (Å²) >= 11 is 0. The predicted molar refractivity (Wildman–Crippen MR) is 46.2 cm³/mol. The molecule has 0 aliphatic heterocycles. The standard InChI is InChI=1S/C8H7F5N2O2/c9-7(10)5-6(17-8(11,12)13)4(14)1-3(2-16)15-5/h1,7,16H,2H2,(H2,14,15). The molecular weight excluding hydrogens is 251 g/mol. The first-order valence-corrected chi connectivity index (χ1v) is 4.18. The van der Waals surface area contributed by atoms with Crippen LogP contribution in [0.2, 0.25) is 0 Å². The topological polar surface area (TPSA) is 68.4 Å². The van der Waals surface area contributed by atoms with E-state index in [0.717, 1.165) is 6.07 Å². The minimum Gasteiger partial charge on any atom is -0.401 e. The Kier molecular flexibility index (Phi) is 3.71. The van der Waals surface area contributed by atoms with E-state index in [9.17, 15) is 22.0 Å². The van der Waals surface area contributed by atoms with Crippen molar-refractivity contribution < 1.29 is 31.8 Å². The summed E-state index contributed by atoms with van der Waals surface area (Å²) in [5.74, 6) is -1.25. The van der Waals surface area contributed by atoms with Crippen molar-refractivity contribution in [1.29, 1.82) is 0 Å². The van der Waals surface area contributed by atoms with Crippen LogP contribution >= 0.6 is 0 Å². The third-order valence-electron chi connectivity index (χ3n) is 1.67. The van der Waals surface area contributed by atoms with Crippen molar-refractivity contribution in [3.8, 4) is 5.75 Å². The number of aliphatic hydroxyl groups excluding tert-OH is 1. The average Bonchev–Trinajstić information content (AvgIpc) is 2.18. The van der Waals surface area contributed by atoms with Crippen LogP contribution in [0.5, 0.6) is 5.75 Å². The van der Waals surface area contributed by atoms with Crippen LogP contribution in [0.25, 0.3) is 0 Å². The lowest BCUT2D eigenvalue weighted by molar-refractivity contribution is -0.275. The first-order valence-electron chi connectivity index (χ1n) is 4.18. The highest BCUT2D eigenvalue weighted by Crippen LogP contribution is 2.36. The minimum atomic E-state index is -5.15. The molecule has 0 aliphatic rings. The van der Waals surface area contributed by atoms with Crippen LogP contribution in [0.1, 0.15) is 17.8 Å². The van der Waals surface area contributed by atoms with Gasteiger partial charge in [-0.05, 0) is 6.07 Å². The molecular formula is C8H7F5N2O2. The van der Waals surface area contributed by atoms with Crippen molar-refractivity contribution in [1.82, 2.24) is 4.98 Å². The summed E-state index contributed by atoms with van der Waals surface area (Å²) in [4.78, 5) is 3.13. The smallest absolute Gasteiger partial charge is 0.401 e. The second-order valence-corrected chi connectivity index (χ2v) is 2.92. The largest absolute Gasteiger partial charge is 0.573 e. The van der Waals surface area contributed by atoms with Gasteiger partial charge in [-0.25, -0.2) is 13.8 Å². The van der Waals surface area contributed by atoms with E-state index >= 15 is 0 Å². The number of ether oxygens (including phenoxy) is 1. The van der Waals surface area contributed by atoms with Crippen LogP contribution in [0.15, 0.2) is 6.07 Å². The molecule has 0 spiro atoms. The molecule has 0 radical (unpaired) electrons. The van der Waals surface area contributed by atoms with Gasteiger partial charge in [0.05, 0.1) is 18.0 Å². The molecule has 0 saturated heterocycles. The van der Waals surface area contributed by atoms with E-state index < -0.39 is 36.5 Å². The van der Waals surface area contributed by atoms with E-state index in [4.69, 9.17) is 10.8 Å². The first-order chi connectivity index (χ1) is 7.74. The maximum Gasteiger partial charge on any atom is 0.573 e. The monoisotopic (exact) mass is 258 g/mol. The quantitative estimate of drug-likeness (QED) is 0.813. The molecule has 1 aromatic heterocycles. The van der Waals surface area contributed by atoms with Crippen molar-refractivity contribution in [2.24, 2.45) is 0 Å². The molecule has 0 aliphatic carbocycles. The number of nitrogens with zero attached hydrogens (tertiary/aromatic N) is 1. The zero-order chi connectivity index (χ0) is 13.2. The van der Waals surface area contributed by atoms with Crippen molar-refractivity contribution in [3.05, 3.63) is 17.5 Å². The van der Waals surface area contributed by atoms with Gasteiger partial charge in [-0.3, -0.25) is 0 Å². The Labute approximate surface area is 91.8 Å². The van der Waals surface area contributed by atoms with Gasteiger partial charge in [0.15, 0.2) is 11.4 Å². The molecule has 0 fully saturated rings. The maximum absolute atomic E-state index is 12.5. The Bertz CT molecular complexity index is 408. The lowest BCUT2D eigenvalue weighted by atomic mass is 10.2. The number of hydrogen-bond acceptors (Lipinski definition) is 4. The zero-order valence-corrected chi connectivity index (χ0v) is 8.13. The Morgan fingerprint density at radius 3 is 2.41 bits per heavy atom. The van der Waals surface area contributed by atoms with Gasteiger partial charge in [0.2, 0.25) is 0 Å². The van der Waals surface area contributed by atoms with Gasteiger partial charge in [-0.1, -0.05) is 0 Å². The summed E-state index contributed by atoms with van der Waals surface area (Å²) in [6.07, 6.45) is -8.46. The summed E-state index contributed by atoms with van der Waals surface area (Å²) in [5.41, 5.74) is 2.93. The molecule has 1 heterocycles. The molecule has 4 nitrogen and oxygen atoms in total. The van der Waals surface area contributed by atoms with E-state index in [0.29, 0.717) is 0 Å². The molecule has 9 heteroatoms. The van der Waals surface area contributed by atoms with Crippen molar-refractivity contribution >= 4 is 5.69 Å². The molecule has 17 heavy (non-hydrogen) atoms. The van der Waals surface area contributed by atoms with Crippen LogP contribution < -0.4 is 10.5 Å². The summed E-state index contributed by atoms with van der Waals surface area (Å²) in [5, 5.41) is 8.67. The van der Waals surface area contributed by atoms with Crippen LogP contribution in [-0.4, -0.2) is 16.5 Å². The lowest BCUT2D eigenvalue weighted by Gasteiger charge is -2.15. The molecule has 96 valence electrons. The Morgan fingerprint density at radius 2 is 2.00 bits per heavy atom. The van der Waals surface area contributed by atoms with Gasteiger partial charge in [0, 0.05) is 0 Å². The lowest BCUT2D eigenvalue weighted by Crippen LogP contribution is -2.20. The van der Waals surface area contributed by atoms with Gasteiger partial charge in [0.1, 0.15) is 0 Å². The van der Waals surface area contributed by atoms with E-state index in [1.165, 1.54) is 0 Å². The molecule has 0 saturated carbocycles. The van der Waals surface area contributed by atoms with Gasteiger partial charge >= 0.3 is 6.36 Å². The average molecular weight is 258 g/mol. The number of nitrogens with two attached hydrogens (primary N) is 1. The third-order valence-corrected chi connectivity index (χ3v) is 1.67. The number of rotatable bonds is 3. The normalized spacial score (nSPS) is 11.9. The molecule has 0 atom stereocenters. The second kappa shape index (κ2) is 4.70. The van der Waals surface area contributed by atoms with Crippen LogP contribution in [-0.2, 0) is 6.61 Å². The van der Waals surface area contributed by atoms with Crippen molar-refractivity contribution in [2.45, 2.75) is 19.4 Å². The summed E-state index contributed by atoms with van der Waals surface area (Å²) < 4.78 is 64.1. The summed E-state index contributed by atoms with van der Waals surface area (Å²) in [7, 11) is 0. The highest BCUT2D eigenvalue weighted by molar-refractivity contribution is 5.56. The molecule has 0 bridgehead atoms. The third kappa shape index (κ3) is 3.41. The fourth-order valence-corrected chi connectivity index (χ4v) is 1.09. The van der Waals surface area contributed by atoms with E-state index in [1.807, 2.05) is 0 Å². The van der Waals surface area contributed by atoms with Crippen LogP contribution in [0.4, 0.5) is 27.6 Å². The Hall–Kier alpha value is -1.64. The van der Waals surface area contributed by atoms with E-state index in [-0.39, 0.29) is 5.69 Å². The number of nitrogen functional groups attached to an aromatic ring is 1. The molecule has 0 aromatic carbocycles. The highest BCUT2D eigenvalue weighted by Gasteiger charge is 2.35. The molecule has 1 rings (SSSR count). The van der Waals surface area contributed by atoms with Gasteiger partial charge < -0.3 is 15.6 Å². The SMILES string of the molecule is Nc1cc(CO)nc(C(F)F)c1OC(F)(F)F. The van der Waals surface area contributed by atoms with Crippen LogP contribution in [0, 0.1) is 0 Å². The number of hydrogen-bond donors (Lipinski definition) is 2. The fraction of sp³-hybridized carbons (Fsp3) is 0.375. The summed E-state index contributed by atoms with van der Waals surface area (Å²) in [6.45, 7) is -0.726. The molecule has 0 amide bonds. The maximum atomic E-state index is 12.5. The van der Waals surface area contributed by atoms with E-state index in [1.54, 1.807) is 0 Å². The predicted octanol–water partition coefficient (Wildman–Crippen LogP) is 1.99. The Morgan fingerprint density at radius 1 is 1.41 bits per heavy atom.